The molecule has 1 aromatic rings. The number of hydrogen-bond acceptors (Lipinski definition) is 2. The second-order valence-electron chi connectivity index (χ2n) is 3.42. The Morgan fingerprint density at radius 2 is 2.38 bits per heavy atom. The Bertz CT molecular complexity index is 260. The third kappa shape index (κ3) is 3.33. The normalized spacial score (nSPS) is 12.5. The number of hydrogen-bond donors (Lipinski definition) is 1. The molecule has 0 radical (unpaired) electrons. The molecule has 0 aliphatic rings. The first kappa shape index (κ1) is 10.5. The van der Waals surface area contributed by atoms with E-state index in [0.29, 0.717) is 5.92 Å². The highest BCUT2D eigenvalue weighted by atomic mass is 32.1. The van der Waals surface area contributed by atoms with Crippen molar-refractivity contribution in [1.82, 2.24) is 5.32 Å². The van der Waals surface area contributed by atoms with Crippen LogP contribution in [-0.2, 0) is 0 Å². The number of likely N-dealkylation sites (N-methyl/N-ethyl adjacent to an activating group) is 1. The molecule has 0 amide bonds. The Balaban J connectivity index is 2.74. The molecule has 1 nitrogen and oxygen atoms in total. The van der Waals surface area contributed by atoms with Crippen LogP contribution < -0.4 is 5.32 Å². The molecular weight excluding hydrogens is 178 g/mol. The van der Waals surface area contributed by atoms with E-state index in [1.54, 1.807) is 11.3 Å². The molecule has 0 aliphatic heterocycles. The number of rotatable bonds is 4. The summed E-state index contributed by atoms with van der Waals surface area (Å²) in [6, 6.07) is 4.25. The number of thiophene rings is 1. The summed E-state index contributed by atoms with van der Waals surface area (Å²) < 4.78 is 0. The number of nitrogens with one attached hydrogen (secondary N) is 1. The third-order valence-electron chi connectivity index (χ3n) is 1.99. The van der Waals surface area contributed by atoms with Gasteiger partial charge in [-0.2, -0.15) is 0 Å². The maximum atomic E-state index is 3.20. The largest absolute Gasteiger partial charge is 0.316 e. The van der Waals surface area contributed by atoms with Crippen LogP contribution in [0.5, 0.6) is 0 Å². The zero-order chi connectivity index (χ0) is 9.68. The van der Waals surface area contributed by atoms with E-state index in [-0.39, 0.29) is 0 Å². The van der Waals surface area contributed by atoms with Gasteiger partial charge in [0.2, 0.25) is 0 Å². The van der Waals surface area contributed by atoms with Crippen LogP contribution in [0.25, 0.3) is 6.08 Å². The average molecular weight is 195 g/mol. The molecule has 1 N–H and O–H groups in total. The zero-order valence-corrected chi connectivity index (χ0v) is 9.32. The summed E-state index contributed by atoms with van der Waals surface area (Å²) in [5, 5.41) is 5.31. The van der Waals surface area contributed by atoms with Gasteiger partial charge < -0.3 is 5.32 Å². The molecule has 1 heterocycles. The Hall–Kier alpha value is -0.600. The smallest absolute Gasteiger partial charge is 0.0270 e. The predicted octanol–water partition coefficient (Wildman–Crippen LogP) is 3.01. The minimum atomic E-state index is 0.620. The average Bonchev–Trinajstić information content (AvgIpc) is 2.56. The van der Waals surface area contributed by atoms with Gasteiger partial charge in [-0.25, -0.2) is 0 Å². The summed E-state index contributed by atoms with van der Waals surface area (Å²) in [4.78, 5) is 1.35. The SMILES string of the molecule is CNCC(=Cc1cccs1)C(C)C. The highest BCUT2D eigenvalue weighted by Gasteiger charge is 2.02. The van der Waals surface area contributed by atoms with Crippen LogP contribution in [0.2, 0.25) is 0 Å². The fourth-order valence-corrected chi connectivity index (χ4v) is 1.87. The molecule has 0 saturated heterocycles. The van der Waals surface area contributed by atoms with Gasteiger partial charge in [-0.3, -0.25) is 0 Å². The van der Waals surface area contributed by atoms with Gasteiger partial charge in [0.15, 0.2) is 0 Å². The van der Waals surface area contributed by atoms with E-state index in [1.165, 1.54) is 10.5 Å². The maximum absolute atomic E-state index is 3.20. The van der Waals surface area contributed by atoms with Crippen molar-refractivity contribution < 1.29 is 0 Å². The summed E-state index contributed by atoms with van der Waals surface area (Å²) in [7, 11) is 1.99. The Morgan fingerprint density at radius 3 is 2.85 bits per heavy atom. The van der Waals surface area contributed by atoms with Crippen molar-refractivity contribution in [1.29, 1.82) is 0 Å². The van der Waals surface area contributed by atoms with Crippen LogP contribution in [0.1, 0.15) is 18.7 Å². The van der Waals surface area contributed by atoms with E-state index in [0.717, 1.165) is 6.54 Å². The van der Waals surface area contributed by atoms with Crippen molar-refractivity contribution in [2.75, 3.05) is 13.6 Å². The van der Waals surface area contributed by atoms with Crippen molar-refractivity contribution in [2.45, 2.75) is 13.8 Å². The van der Waals surface area contributed by atoms with Crippen LogP contribution >= 0.6 is 11.3 Å². The van der Waals surface area contributed by atoms with Gasteiger partial charge in [0.05, 0.1) is 0 Å². The second-order valence-corrected chi connectivity index (χ2v) is 4.40. The first-order valence-corrected chi connectivity index (χ1v) is 5.50. The molecule has 1 aromatic heterocycles. The van der Waals surface area contributed by atoms with Gasteiger partial charge in [0.25, 0.3) is 0 Å². The van der Waals surface area contributed by atoms with E-state index in [2.05, 4.69) is 42.8 Å². The highest BCUT2D eigenvalue weighted by molar-refractivity contribution is 7.10. The van der Waals surface area contributed by atoms with Crippen LogP contribution in [0.3, 0.4) is 0 Å². The molecule has 0 fully saturated rings. The van der Waals surface area contributed by atoms with Crippen molar-refractivity contribution in [2.24, 2.45) is 5.92 Å². The first-order chi connectivity index (χ1) is 6.24. The highest BCUT2D eigenvalue weighted by Crippen LogP contribution is 2.17. The van der Waals surface area contributed by atoms with Crippen LogP contribution in [0.15, 0.2) is 23.1 Å². The van der Waals surface area contributed by atoms with E-state index in [4.69, 9.17) is 0 Å². The van der Waals surface area contributed by atoms with E-state index >= 15 is 0 Å². The Labute approximate surface area is 84.5 Å². The first-order valence-electron chi connectivity index (χ1n) is 4.62. The molecule has 72 valence electrons. The summed E-state index contributed by atoms with van der Waals surface area (Å²) in [6.45, 7) is 5.45. The maximum Gasteiger partial charge on any atom is 0.0270 e. The van der Waals surface area contributed by atoms with E-state index in [1.807, 2.05) is 7.05 Å². The van der Waals surface area contributed by atoms with Gasteiger partial charge >= 0.3 is 0 Å². The topological polar surface area (TPSA) is 12.0 Å². The summed E-state index contributed by atoms with van der Waals surface area (Å²) in [5.41, 5.74) is 1.46. The van der Waals surface area contributed by atoms with Gasteiger partial charge in [0, 0.05) is 11.4 Å². The fourth-order valence-electron chi connectivity index (χ4n) is 1.18. The van der Waals surface area contributed by atoms with Gasteiger partial charge in [0.1, 0.15) is 0 Å². The zero-order valence-electron chi connectivity index (χ0n) is 8.50. The lowest BCUT2D eigenvalue weighted by atomic mass is 10.0. The molecule has 0 unspecified atom stereocenters. The molecule has 1 rings (SSSR count). The van der Waals surface area contributed by atoms with Crippen LogP contribution in [-0.4, -0.2) is 13.6 Å². The second kappa shape index (κ2) is 5.20. The fraction of sp³-hybridized carbons (Fsp3) is 0.455. The molecular formula is C11H17NS. The van der Waals surface area contributed by atoms with Gasteiger partial charge in [-0.1, -0.05) is 25.5 Å². The predicted molar refractivity (Wildman–Crippen MR) is 61.1 cm³/mol. The van der Waals surface area contributed by atoms with E-state index in [9.17, 15) is 0 Å². The lowest BCUT2D eigenvalue weighted by Gasteiger charge is -2.09. The minimum absolute atomic E-state index is 0.620. The van der Waals surface area contributed by atoms with Crippen LogP contribution in [0, 0.1) is 5.92 Å². The van der Waals surface area contributed by atoms with Gasteiger partial charge in [-0.15, -0.1) is 11.3 Å². The summed E-state index contributed by atoms with van der Waals surface area (Å²) >= 11 is 1.79. The Morgan fingerprint density at radius 1 is 1.62 bits per heavy atom. The third-order valence-corrected chi connectivity index (χ3v) is 2.81. The molecule has 0 saturated carbocycles. The molecule has 0 spiro atoms. The van der Waals surface area contributed by atoms with Crippen molar-refractivity contribution in [3.05, 3.63) is 28.0 Å². The van der Waals surface area contributed by atoms with Crippen molar-refractivity contribution >= 4 is 17.4 Å². The quantitative estimate of drug-likeness (QED) is 0.778. The van der Waals surface area contributed by atoms with Crippen LogP contribution in [0.4, 0.5) is 0 Å². The molecule has 2 heteroatoms. The lowest BCUT2D eigenvalue weighted by molar-refractivity contribution is 0.713. The standard InChI is InChI=1S/C11H17NS/c1-9(2)10(8-12-3)7-11-5-4-6-13-11/h4-7,9,12H,8H2,1-3H3. The van der Waals surface area contributed by atoms with Crippen molar-refractivity contribution in [3.63, 3.8) is 0 Å². The molecule has 13 heavy (non-hydrogen) atoms. The molecule has 0 aliphatic carbocycles. The minimum Gasteiger partial charge on any atom is -0.316 e. The van der Waals surface area contributed by atoms with Crippen molar-refractivity contribution in [3.8, 4) is 0 Å². The monoisotopic (exact) mass is 195 g/mol. The van der Waals surface area contributed by atoms with Gasteiger partial charge in [-0.05, 0) is 30.5 Å². The summed E-state index contributed by atoms with van der Waals surface area (Å²) in [6.07, 6.45) is 2.28. The Kier molecular flexibility index (Phi) is 4.19. The molecule has 0 atom stereocenters. The molecule has 0 aromatic carbocycles. The lowest BCUT2D eigenvalue weighted by Crippen LogP contribution is -2.13. The summed E-state index contributed by atoms with van der Waals surface area (Å²) in [5.74, 6) is 0.620. The molecule has 0 bridgehead atoms. The van der Waals surface area contributed by atoms with E-state index < -0.39 is 0 Å².